The van der Waals surface area contributed by atoms with E-state index in [2.05, 4.69) is 54.6 Å². The molecule has 0 aromatic heterocycles. The summed E-state index contributed by atoms with van der Waals surface area (Å²) in [6.45, 7) is 0. The molecule has 0 radical (unpaired) electrons. The van der Waals surface area contributed by atoms with Gasteiger partial charge in [-0.15, -0.1) is 0 Å². The molecule has 2 fully saturated rings. The molecule has 0 spiro atoms. The van der Waals surface area contributed by atoms with Crippen molar-refractivity contribution in [1.29, 1.82) is 0 Å². The van der Waals surface area contributed by atoms with E-state index >= 15 is 0 Å². The van der Waals surface area contributed by atoms with Crippen LogP contribution in [0.25, 0.3) is 21.5 Å². The lowest BCUT2D eigenvalue weighted by atomic mass is 9.66. The summed E-state index contributed by atoms with van der Waals surface area (Å²) in [6.07, 6.45) is 10.2. The van der Waals surface area contributed by atoms with Gasteiger partial charge in [0.2, 0.25) is 0 Å². The van der Waals surface area contributed by atoms with Crippen molar-refractivity contribution in [3.05, 3.63) is 60.2 Å². The summed E-state index contributed by atoms with van der Waals surface area (Å²) in [5.74, 6) is 2.82. The summed E-state index contributed by atoms with van der Waals surface area (Å²) in [5.41, 5.74) is 1.59. The molecule has 2 aliphatic rings. The van der Waals surface area contributed by atoms with Crippen LogP contribution in [0.3, 0.4) is 0 Å². The molecule has 0 aliphatic heterocycles. The molecule has 0 heteroatoms. The van der Waals surface area contributed by atoms with Crippen LogP contribution >= 0.6 is 0 Å². The van der Waals surface area contributed by atoms with E-state index in [-0.39, 0.29) is 0 Å². The highest BCUT2D eigenvalue weighted by molar-refractivity contribution is 6.07. The summed E-state index contributed by atoms with van der Waals surface area (Å²) < 4.78 is 0. The van der Waals surface area contributed by atoms with Gasteiger partial charge >= 0.3 is 0 Å². The molecule has 3 aromatic carbocycles. The maximum Gasteiger partial charge on any atom is -0.0103 e. The first-order valence-corrected chi connectivity index (χ1v) is 9.80. The Labute approximate surface area is 144 Å². The van der Waals surface area contributed by atoms with Crippen molar-refractivity contribution < 1.29 is 0 Å². The van der Waals surface area contributed by atoms with Crippen molar-refractivity contribution in [3.63, 3.8) is 0 Å². The number of benzene rings is 3. The van der Waals surface area contributed by atoms with Crippen LogP contribution in [0.2, 0.25) is 0 Å². The number of hydrogen-bond acceptors (Lipinski definition) is 0. The van der Waals surface area contributed by atoms with Gasteiger partial charge in [0.05, 0.1) is 0 Å². The van der Waals surface area contributed by atoms with E-state index in [9.17, 15) is 0 Å². The van der Waals surface area contributed by atoms with E-state index < -0.39 is 0 Å². The number of hydrogen-bond donors (Lipinski definition) is 0. The molecular weight excluding hydrogens is 288 g/mol. The average molecular weight is 314 g/mol. The SMILES string of the molecule is c1ccc2c(c1)ccc1ccc(C3CCC4CCCCC4C3)cc12. The molecule has 3 atom stereocenters. The van der Waals surface area contributed by atoms with Crippen molar-refractivity contribution in [2.75, 3.05) is 0 Å². The maximum absolute atomic E-state index is 2.51. The average Bonchev–Trinajstić information content (AvgIpc) is 2.67. The molecule has 0 heterocycles. The molecule has 3 unspecified atom stereocenters. The third-order valence-electron chi connectivity index (χ3n) is 6.78. The molecule has 122 valence electrons. The summed E-state index contributed by atoms with van der Waals surface area (Å²) in [5, 5.41) is 5.58. The lowest BCUT2D eigenvalue weighted by Gasteiger charge is -2.39. The lowest BCUT2D eigenvalue weighted by Crippen LogP contribution is -2.26. The molecular formula is C24H26. The predicted octanol–water partition coefficient (Wildman–Crippen LogP) is 7.07. The second-order valence-corrected chi connectivity index (χ2v) is 8.08. The number of rotatable bonds is 1. The Morgan fingerprint density at radius 2 is 1.38 bits per heavy atom. The third kappa shape index (κ3) is 2.44. The van der Waals surface area contributed by atoms with Gasteiger partial charge in [-0.25, -0.2) is 0 Å². The Hall–Kier alpha value is -1.82. The maximum atomic E-state index is 2.51. The molecule has 2 saturated carbocycles. The topological polar surface area (TPSA) is 0 Å². The standard InChI is InChI=1S/C24H26/c1-2-7-20-15-21(13-9-17(20)5-1)22-14-12-19-11-10-18-6-3-4-8-23(18)24(19)16-22/h3-4,6,8,10-12,14,16-17,20-21H,1-2,5,7,9,13,15H2. The van der Waals surface area contributed by atoms with Crippen LogP contribution in [0.15, 0.2) is 54.6 Å². The minimum atomic E-state index is 0.785. The van der Waals surface area contributed by atoms with E-state index in [1.165, 1.54) is 66.5 Å². The zero-order valence-electron chi connectivity index (χ0n) is 14.4. The molecule has 5 rings (SSSR count). The Balaban J connectivity index is 1.54. The summed E-state index contributed by atoms with van der Waals surface area (Å²) in [6, 6.07) is 20.6. The lowest BCUT2D eigenvalue weighted by molar-refractivity contribution is 0.155. The van der Waals surface area contributed by atoms with E-state index in [0.717, 1.165) is 17.8 Å². The quantitative estimate of drug-likeness (QED) is 0.421. The van der Waals surface area contributed by atoms with Crippen molar-refractivity contribution in [1.82, 2.24) is 0 Å². The van der Waals surface area contributed by atoms with Crippen molar-refractivity contribution >= 4 is 21.5 Å². The van der Waals surface area contributed by atoms with Crippen LogP contribution in [0.1, 0.15) is 56.4 Å². The van der Waals surface area contributed by atoms with Gasteiger partial charge < -0.3 is 0 Å². The van der Waals surface area contributed by atoms with Gasteiger partial charge in [0.25, 0.3) is 0 Å². The van der Waals surface area contributed by atoms with E-state index in [0.29, 0.717) is 0 Å². The monoisotopic (exact) mass is 314 g/mol. The first-order chi connectivity index (χ1) is 11.9. The van der Waals surface area contributed by atoms with Gasteiger partial charge in [-0.1, -0.05) is 80.3 Å². The van der Waals surface area contributed by atoms with Crippen LogP contribution in [-0.2, 0) is 0 Å². The van der Waals surface area contributed by atoms with Crippen molar-refractivity contribution in [2.24, 2.45) is 11.8 Å². The fraction of sp³-hybridized carbons (Fsp3) is 0.417. The Kier molecular flexibility index (Phi) is 3.58. The predicted molar refractivity (Wildman–Crippen MR) is 103 cm³/mol. The van der Waals surface area contributed by atoms with Crippen LogP contribution in [-0.4, -0.2) is 0 Å². The normalized spacial score (nSPS) is 27.2. The fourth-order valence-electron chi connectivity index (χ4n) is 5.45. The molecule has 0 N–H and O–H groups in total. The van der Waals surface area contributed by atoms with Crippen molar-refractivity contribution in [2.45, 2.75) is 50.9 Å². The highest BCUT2D eigenvalue weighted by atomic mass is 14.4. The van der Waals surface area contributed by atoms with Crippen molar-refractivity contribution in [3.8, 4) is 0 Å². The molecule has 0 nitrogen and oxygen atoms in total. The van der Waals surface area contributed by atoms with Gasteiger partial charge in [-0.05, 0) is 64.1 Å². The van der Waals surface area contributed by atoms with E-state index in [4.69, 9.17) is 0 Å². The second-order valence-electron chi connectivity index (χ2n) is 8.08. The highest BCUT2D eigenvalue weighted by Gasteiger charge is 2.32. The van der Waals surface area contributed by atoms with Gasteiger partial charge in [-0.3, -0.25) is 0 Å². The first kappa shape index (κ1) is 14.5. The molecule has 2 aliphatic carbocycles. The van der Waals surface area contributed by atoms with E-state index in [1.807, 2.05) is 0 Å². The van der Waals surface area contributed by atoms with Gasteiger partial charge in [0.1, 0.15) is 0 Å². The molecule has 24 heavy (non-hydrogen) atoms. The Morgan fingerprint density at radius 3 is 2.29 bits per heavy atom. The summed E-state index contributed by atoms with van der Waals surface area (Å²) >= 11 is 0. The van der Waals surface area contributed by atoms with Gasteiger partial charge in [-0.2, -0.15) is 0 Å². The molecule has 0 saturated heterocycles. The largest absolute Gasteiger partial charge is 0.0616 e. The summed E-state index contributed by atoms with van der Waals surface area (Å²) in [4.78, 5) is 0. The van der Waals surface area contributed by atoms with Gasteiger partial charge in [0, 0.05) is 0 Å². The van der Waals surface area contributed by atoms with E-state index in [1.54, 1.807) is 5.56 Å². The Bertz CT molecular complexity index is 875. The van der Waals surface area contributed by atoms with Crippen LogP contribution < -0.4 is 0 Å². The zero-order valence-corrected chi connectivity index (χ0v) is 14.4. The first-order valence-electron chi connectivity index (χ1n) is 9.80. The van der Waals surface area contributed by atoms with Gasteiger partial charge in [0.15, 0.2) is 0 Å². The van der Waals surface area contributed by atoms with Crippen LogP contribution in [0.4, 0.5) is 0 Å². The molecule has 3 aromatic rings. The number of fused-ring (bicyclic) bond motifs is 4. The Morgan fingerprint density at radius 1 is 0.625 bits per heavy atom. The second kappa shape index (κ2) is 5.92. The minimum Gasteiger partial charge on any atom is -0.0616 e. The minimum absolute atomic E-state index is 0.785. The van der Waals surface area contributed by atoms with Crippen LogP contribution in [0.5, 0.6) is 0 Å². The van der Waals surface area contributed by atoms with Crippen LogP contribution in [0, 0.1) is 11.8 Å². The fourth-order valence-corrected chi connectivity index (χ4v) is 5.45. The highest BCUT2D eigenvalue weighted by Crippen LogP contribution is 2.46. The smallest absolute Gasteiger partial charge is 0.0103 e. The zero-order chi connectivity index (χ0) is 15.9. The third-order valence-corrected chi connectivity index (χ3v) is 6.78. The summed E-state index contributed by atoms with van der Waals surface area (Å²) in [7, 11) is 0. The molecule has 0 amide bonds. The molecule has 0 bridgehead atoms.